The van der Waals surface area contributed by atoms with Crippen molar-refractivity contribution < 1.29 is 22.7 Å². The molecule has 27 heavy (non-hydrogen) atoms. The first kappa shape index (κ1) is 19.4. The van der Waals surface area contributed by atoms with Gasteiger partial charge in [0.1, 0.15) is 11.5 Å². The lowest BCUT2D eigenvalue weighted by molar-refractivity contribution is 0.0967. The summed E-state index contributed by atoms with van der Waals surface area (Å²) in [6, 6.07) is 11.5. The highest BCUT2D eigenvalue weighted by Crippen LogP contribution is 2.32. The van der Waals surface area contributed by atoms with E-state index < -0.39 is 10.0 Å². The molecule has 2 aromatic rings. The van der Waals surface area contributed by atoms with Gasteiger partial charge >= 0.3 is 0 Å². The fourth-order valence-corrected chi connectivity index (χ4v) is 3.87. The van der Waals surface area contributed by atoms with Gasteiger partial charge in [0.25, 0.3) is 0 Å². The van der Waals surface area contributed by atoms with Crippen LogP contribution in [0.25, 0.3) is 0 Å². The summed E-state index contributed by atoms with van der Waals surface area (Å²) in [5, 5.41) is 0. The van der Waals surface area contributed by atoms with Gasteiger partial charge in [-0.25, -0.2) is 13.1 Å². The Morgan fingerprint density at radius 3 is 2.37 bits per heavy atom. The molecule has 1 aliphatic carbocycles. The molecular weight excluding hydrogens is 366 g/mol. The first-order chi connectivity index (χ1) is 12.9. The summed E-state index contributed by atoms with van der Waals surface area (Å²) in [7, 11) is -0.499. The van der Waals surface area contributed by atoms with Gasteiger partial charge in [0.05, 0.1) is 19.1 Å². The number of carbonyl (C=O) groups is 1. The number of hydrogen-bond donors (Lipinski definition) is 1. The fourth-order valence-electron chi connectivity index (χ4n) is 2.84. The van der Waals surface area contributed by atoms with Gasteiger partial charge in [-0.15, -0.1) is 0 Å². The number of ether oxygens (including phenoxy) is 2. The van der Waals surface area contributed by atoms with Crippen LogP contribution in [0.3, 0.4) is 0 Å². The molecule has 1 aliphatic rings. The zero-order chi connectivity index (χ0) is 19.4. The van der Waals surface area contributed by atoms with Gasteiger partial charge in [0.2, 0.25) is 10.0 Å². The van der Waals surface area contributed by atoms with Crippen molar-refractivity contribution in [3.63, 3.8) is 0 Å². The molecule has 144 valence electrons. The maximum atomic E-state index is 12.5. The van der Waals surface area contributed by atoms with Crippen LogP contribution in [0.2, 0.25) is 0 Å². The first-order valence-electron chi connectivity index (χ1n) is 8.79. The summed E-state index contributed by atoms with van der Waals surface area (Å²) >= 11 is 0. The van der Waals surface area contributed by atoms with E-state index >= 15 is 0 Å². The zero-order valence-corrected chi connectivity index (χ0v) is 16.2. The topological polar surface area (TPSA) is 81.7 Å². The van der Waals surface area contributed by atoms with E-state index in [1.54, 1.807) is 32.4 Å². The smallest absolute Gasteiger partial charge is 0.240 e. The quantitative estimate of drug-likeness (QED) is 0.667. The van der Waals surface area contributed by atoms with Gasteiger partial charge in [-0.1, -0.05) is 18.2 Å². The normalized spacial score (nSPS) is 14.0. The summed E-state index contributed by atoms with van der Waals surface area (Å²) in [4.78, 5) is 12.2. The largest absolute Gasteiger partial charge is 0.497 e. The van der Waals surface area contributed by atoms with Crippen molar-refractivity contribution in [3.05, 3.63) is 53.6 Å². The predicted molar refractivity (Wildman–Crippen MR) is 102 cm³/mol. The average molecular weight is 389 g/mol. The lowest BCUT2D eigenvalue weighted by atomic mass is 10.1. The van der Waals surface area contributed by atoms with Crippen LogP contribution in [0.15, 0.2) is 47.4 Å². The highest BCUT2D eigenvalue weighted by atomic mass is 32.2. The van der Waals surface area contributed by atoms with Crippen LogP contribution >= 0.6 is 0 Å². The molecule has 0 radical (unpaired) electrons. The molecule has 0 spiro atoms. The third kappa shape index (κ3) is 4.67. The zero-order valence-electron chi connectivity index (χ0n) is 15.4. The molecule has 1 saturated carbocycles. The minimum absolute atomic E-state index is 0.0958. The van der Waals surface area contributed by atoms with E-state index in [4.69, 9.17) is 9.47 Å². The van der Waals surface area contributed by atoms with Crippen LogP contribution in [0.5, 0.6) is 11.5 Å². The van der Waals surface area contributed by atoms with Crippen LogP contribution in [0, 0.1) is 5.92 Å². The molecule has 3 rings (SSSR count). The number of methoxy groups -OCH3 is 2. The monoisotopic (exact) mass is 389 g/mol. The van der Waals surface area contributed by atoms with Gasteiger partial charge < -0.3 is 9.47 Å². The van der Waals surface area contributed by atoms with Gasteiger partial charge in [0.15, 0.2) is 5.78 Å². The number of Topliss-reactive ketones (excluding diaryl/α,β-unsaturated/α-hetero) is 1. The minimum atomic E-state index is -3.64. The van der Waals surface area contributed by atoms with Crippen molar-refractivity contribution in [2.75, 3.05) is 20.8 Å². The maximum Gasteiger partial charge on any atom is 0.240 e. The number of benzene rings is 2. The first-order valence-corrected chi connectivity index (χ1v) is 10.3. The highest BCUT2D eigenvalue weighted by Gasteiger charge is 2.30. The van der Waals surface area contributed by atoms with Gasteiger partial charge in [-0.05, 0) is 43.0 Å². The SMILES string of the molecule is COc1ccc(CCNS(=O)(=O)c2ccc(C(=O)C3CC3)cc2)c(OC)c1. The number of hydrogen-bond acceptors (Lipinski definition) is 5. The molecule has 0 bridgehead atoms. The number of nitrogens with one attached hydrogen (secondary N) is 1. The fraction of sp³-hybridized carbons (Fsp3) is 0.350. The second kappa shape index (κ2) is 8.10. The number of sulfonamides is 1. The van der Waals surface area contributed by atoms with Crippen molar-refractivity contribution in [1.29, 1.82) is 0 Å². The number of rotatable bonds is 9. The average Bonchev–Trinajstić information content (AvgIpc) is 3.53. The Bertz CT molecular complexity index is 918. The molecule has 1 N–H and O–H groups in total. The van der Waals surface area contributed by atoms with E-state index in [9.17, 15) is 13.2 Å². The summed E-state index contributed by atoms with van der Waals surface area (Å²) < 4.78 is 38.0. The van der Waals surface area contributed by atoms with Gasteiger partial charge in [-0.3, -0.25) is 4.79 Å². The molecule has 0 aliphatic heterocycles. The van der Waals surface area contributed by atoms with Crippen molar-refractivity contribution in [1.82, 2.24) is 4.72 Å². The van der Waals surface area contributed by atoms with E-state index in [2.05, 4.69) is 4.72 Å². The summed E-state index contributed by atoms with van der Waals surface area (Å²) in [5.74, 6) is 1.54. The van der Waals surface area contributed by atoms with Crippen molar-refractivity contribution >= 4 is 15.8 Å². The molecular formula is C20H23NO5S. The second-order valence-electron chi connectivity index (χ2n) is 6.49. The van der Waals surface area contributed by atoms with Gasteiger partial charge in [-0.2, -0.15) is 0 Å². The third-order valence-electron chi connectivity index (χ3n) is 4.58. The highest BCUT2D eigenvalue weighted by molar-refractivity contribution is 7.89. The molecule has 0 amide bonds. The van der Waals surface area contributed by atoms with Crippen LogP contribution in [0.1, 0.15) is 28.8 Å². The minimum Gasteiger partial charge on any atom is -0.497 e. The van der Waals surface area contributed by atoms with E-state index in [1.807, 2.05) is 12.1 Å². The van der Waals surface area contributed by atoms with Crippen molar-refractivity contribution in [2.45, 2.75) is 24.2 Å². The molecule has 0 saturated heterocycles. The second-order valence-corrected chi connectivity index (χ2v) is 8.26. The predicted octanol–water partition coefficient (Wildman–Crippen LogP) is 2.82. The summed E-state index contributed by atoms with van der Waals surface area (Å²) in [6.45, 7) is 0.230. The molecule has 2 aromatic carbocycles. The molecule has 0 aromatic heterocycles. The maximum absolute atomic E-state index is 12.5. The van der Waals surface area contributed by atoms with E-state index in [0.29, 0.717) is 23.5 Å². The number of carbonyl (C=O) groups excluding carboxylic acids is 1. The van der Waals surface area contributed by atoms with Crippen LogP contribution < -0.4 is 14.2 Å². The Morgan fingerprint density at radius 1 is 1.07 bits per heavy atom. The Kier molecular flexibility index (Phi) is 5.82. The molecule has 0 unspecified atom stereocenters. The Balaban J connectivity index is 1.62. The third-order valence-corrected chi connectivity index (χ3v) is 6.05. The van der Waals surface area contributed by atoms with Crippen LogP contribution in [0.4, 0.5) is 0 Å². The van der Waals surface area contributed by atoms with Crippen molar-refractivity contribution in [3.8, 4) is 11.5 Å². The Morgan fingerprint density at radius 2 is 1.78 bits per heavy atom. The lowest BCUT2D eigenvalue weighted by Gasteiger charge is -2.11. The molecule has 0 heterocycles. The summed E-state index contributed by atoms with van der Waals surface area (Å²) in [6.07, 6.45) is 2.33. The molecule has 6 nitrogen and oxygen atoms in total. The van der Waals surface area contributed by atoms with E-state index in [1.165, 1.54) is 12.1 Å². The van der Waals surface area contributed by atoms with E-state index in [0.717, 1.165) is 18.4 Å². The van der Waals surface area contributed by atoms with Crippen molar-refractivity contribution in [2.24, 2.45) is 5.92 Å². The summed E-state index contributed by atoms with van der Waals surface area (Å²) in [5.41, 5.74) is 1.45. The molecule has 0 atom stereocenters. The molecule has 7 heteroatoms. The standard InChI is InChI=1S/C20H23NO5S/c1-25-17-8-5-14(19(13-17)26-2)11-12-21-27(23,24)18-9-6-16(7-10-18)20(22)15-3-4-15/h5-10,13,15,21H,3-4,11-12H2,1-2H3. The Labute approximate surface area is 159 Å². The molecule has 1 fully saturated rings. The van der Waals surface area contributed by atoms with E-state index in [-0.39, 0.29) is 23.1 Å². The van der Waals surface area contributed by atoms with Crippen LogP contribution in [-0.2, 0) is 16.4 Å². The van der Waals surface area contributed by atoms with Crippen LogP contribution in [-0.4, -0.2) is 35.0 Å². The lowest BCUT2D eigenvalue weighted by Crippen LogP contribution is -2.26. The number of ketones is 1. The van der Waals surface area contributed by atoms with Gasteiger partial charge in [0, 0.05) is 24.1 Å². The Hall–Kier alpha value is -2.38.